The van der Waals surface area contributed by atoms with Crippen molar-refractivity contribution in [2.45, 2.75) is 13.0 Å². The number of carboxylic acid groups (broad SMARTS) is 1. The molecule has 0 bridgehead atoms. The summed E-state index contributed by atoms with van der Waals surface area (Å²) in [7, 11) is 0. The molecule has 0 spiro atoms. The number of benzene rings is 2. The first kappa shape index (κ1) is 15.7. The molecule has 3 rings (SSSR count). The second-order valence-electron chi connectivity index (χ2n) is 5.12. The monoisotopic (exact) mass is 342 g/mol. The van der Waals surface area contributed by atoms with Gasteiger partial charge < -0.3 is 9.90 Å². The third-order valence-electron chi connectivity index (χ3n) is 3.66. The molecular weight excluding hydrogens is 330 g/mol. The van der Waals surface area contributed by atoms with Crippen LogP contribution in [0.4, 0.5) is 0 Å². The quantitative estimate of drug-likeness (QED) is 0.632. The van der Waals surface area contributed by atoms with Gasteiger partial charge in [-0.3, -0.25) is 9.69 Å². The minimum atomic E-state index is -1.33. The van der Waals surface area contributed by atoms with Crippen LogP contribution in [0.3, 0.4) is 0 Å². The number of aliphatic carboxylic acids is 1. The van der Waals surface area contributed by atoms with E-state index in [0.717, 1.165) is 33.0 Å². The molecule has 6 heteroatoms. The van der Waals surface area contributed by atoms with E-state index in [1.165, 1.54) is 6.92 Å². The highest BCUT2D eigenvalue weighted by molar-refractivity contribution is 8.26. The number of thiocarbonyl (C=S) groups is 1. The zero-order valence-corrected chi connectivity index (χ0v) is 13.8. The lowest BCUT2D eigenvalue weighted by atomic mass is 10.0. The number of rotatable bonds is 3. The zero-order valence-electron chi connectivity index (χ0n) is 12.2. The average molecular weight is 342 g/mol. The van der Waals surface area contributed by atoms with Crippen LogP contribution in [0.1, 0.15) is 12.5 Å². The van der Waals surface area contributed by atoms with Gasteiger partial charge in [-0.1, -0.05) is 66.4 Å². The summed E-state index contributed by atoms with van der Waals surface area (Å²) in [6.45, 7) is 1.39. The Labute approximate surface area is 142 Å². The second kappa shape index (κ2) is 6.14. The molecule has 116 valence electrons. The highest BCUT2D eigenvalue weighted by Crippen LogP contribution is 2.34. The molecule has 1 heterocycles. The van der Waals surface area contributed by atoms with Crippen molar-refractivity contribution < 1.29 is 14.7 Å². The second-order valence-corrected chi connectivity index (χ2v) is 6.79. The number of carbonyl (C=O) groups excluding carboxylic acids is 2. The van der Waals surface area contributed by atoms with Gasteiger partial charge in [-0.25, -0.2) is 0 Å². The molecule has 1 amide bonds. The van der Waals surface area contributed by atoms with Crippen molar-refractivity contribution in [3.63, 3.8) is 0 Å². The third-order valence-corrected chi connectivity index (χ3v) is 4.99. The minimum absolute atomic E-state index is 0.234. The molecule has 0 aromatic heterocycles. The van der Waals surface area contributed by atoms with E-state index >= 15 is 0 Å². The van der Waals surface area contributed by atoms with Crippen molar-refractivity contribution in [2.24, 2.45) is 0 Å². The first-order valence-electron chi connectivity index (χ1n) is 6.94. The smallest absolute Gasteiger partial charge is 0.266 e. The normalized spacial score (nSPS) is 18.0. The Hall–Kier alpha value is -2.18. The van der Waals surface area contributed by atoms with Gasteiger partial charge in [0.15, 0.2) is 0 Å². The molecule has 0 aliphatic carbocycles. The standard InChI is InChI=1S/C17H13NO3S2/c1-10(16(20)21)18-15(19)14(23-17(18)22)9-12-7-4-6-11-5-2-3-8-13(11)12/h2-10H,1H3,(H,20,21)/p-1/b14-9-/t10-/m0/s1. The number of hydrogen-bond donors (Lipinski definition) is 0. The number of amides is 1. The van der Waals surface area contributed by atoms with Crippen molar-refractivity contribution in [2.75, 3.05) is 0 Å². The molecule has 0 saturated carbocycles. The van der Waals surface area contributed by atoms with E-state index in [0.29, 0.717) is 4.91 Å². The molecule has 0 N–H and O–H groups in total. The van der Waals surface area contributed by atoms with Crippen molar-refractivity contribution in [1.82, 2.24) is 4.90 Å². The molecule has 2 aromatic rings. The molecule has 1 aliphatic heterocycles. The highest BCUT2D eigenvalue weighted by Gasteiger charge is 2.35. The zero-order chi connectivity index (χ0) is 16.6. The maximum absolute atomic E-state index is 12.5. The van der Waals surface area contributed by atoms with Crippen LogP contribution in [0.2, 0.25) is 0 Å². The number of carbonyl (C=O) groups is 2. The fourth-order valence-corrected chi connectivity index (χ4v) is 3.85. The molecular formula is C17H12NO3S2-. The summed E-state index contributed by atoms with van der Waals surface area (Å²) in [5.41, 5.74) is 0.893. The molecule has 1 aliphatic rings. The van der Waals surface area contributed by atoms with Crippen LogP contribution in [-0.4, -0.2) is 27.1 Å². The average Bonchev–Trinajstić information content (AvgIpc) is 2.81. The highest BCUT2D eigenvalue weighted by atomic mass is 32.2. The Morgan fingerprint density at radius 3 is 2.70 bits per heavy atom. The molecule has 0 unspecified atom stereocenters. The lowest BCUT2D eigenvalue weighted by Gasteiger charge is -2.23. The largest absolute Gasteiger partial charge is 0.548 e. The summed E-state index contributed by atoms with van der Waals surface area (Å²) in [6, 6.07) is 12.6. The number of fused-ring (bicyclic) bond motifs is 1. The van der Waals surface area contributed by atoms with Gasteiger partial charge in [-0.05, 0) is 29.3 Å². The van der Waals surface area contributed by atoms with E-state index < -0.39 is 17.9 Å². The SMILES string of the molecule is C[C@@H](C(=O)[O-])N1C(=O)/C(=C/c2cccc3ccccc23)SC1=S. The molecule has 1 fully saturated rings. The summed E-state index contributed by atoms with van der Waals surface area (Å²) in [5, 5.41) is 13.1. The van der Waals surface area contributed by atoms with Crippen molar-refractivity contribution >= 4 is 57.0 Å². The van der Waals surface area contributed by atoms with Gasteiger partial charge in [0.05, 0.1) is 16.9 Å². The maximum atomic E-state index is 12.5. The van der Waals surface area contributed by atoms with E-state index in [2.05, 4.69) is 0 Å². The maximum Gasteiger partial charge on any atom is 0.266 e. The fraction of sp³-hybridized carbons (Fsp3) is 0.118. The van der Waals surface area contributed by atoms with E-state index in [9.17, 15) is 14.7 Å². The first-order chi connectivity index (χ1) is 11.0. The van der Waals surface area contributed by atoms with Gasteiger partial charge in [-0.15, -0.1) is 0 Å². The molecule has 2 aromatic carbocycles. The van der Waals surface area contributed by atoms with Gasteiger partial charge in [0, 0.05) is 0 Å². The van der Waals surface area contributed by atoms with Crippen molar-refractivity contribution in [3.05, 3.63) is 52.9 Å². The summed E-state index contributed by atoms with van der Waals surface area (Å²) >= 11 is 6.25. The Morgan fingerprint density at radius 2 is 1.96 bits per heavy atom. The van der Waals surface area contributed by atoms with E-state index in [1.54, 1.807) is 6.08 Å². The fourth-order valence-electron chi connectivity index (χ4n) is 2.44. The molecule has 23 heavy (non-hydrogen) atoms. The van der Waals surface area contributed by atoms with Gasteiger partial charge >= 0.3 is 0 Å². The van der Waals surface area contributed by atoms with E-state index in [1.807, 2.05) is 42.5 Å². The number of carboxylic acids is 1. The number of hydrogen-bond acceptors (Lipinski definition) is 5. The van der Waals surface area contributed by atoms with Crippen LogP contribution in [0.5, 0.6) is 0 Å². The molecule has 1 saturated heterocycles. The van der Waals surface area contributed by atoms with Crippen LogP contribution in [0.25, 0.3) is 16.8 Å². The van der Waals surface area contributed by atoms with E-state index in [4.69, 9.17) is 12.2 Å². The van der Waals surface area contributed by atoms with Crippen LogP contribution >= 0.6 is 24.0 Å². The minimum Gasteiger partial charge on any atom is -0.548 e. The third kappa shape index (κ3) is 2.87. The van der Waals surface area contributed by atoms with Crippen molar-refractivity contribution in [3.8, 4) is 0 Å². The predicted molar refractivity (Wildman–Crippen MR) is 93.4 cm³/mol. The van der Waals surface area contributed by atoms with E-state index in [-0.39, 0.29) is 4.32 Å². The number of thioether (sulfide) groups is 1. The lowest BCUT2D eigenvalue weighted by molar-refractivity contribution is -0.309. The molecule has 1 atom stereocenters. The Balaban J connectivity index is 2.02. The summed E-state index contributed by atoms with van der Waals surface area (Å²) in [6.07, 6.45) is 1.75. The van der Waals surface area contributed by atoms with Crippen LogP contribution in [-0.2, 0) is 9.59 Å². The van der Waals surface area contributed by atoms with Crippen LogP contribution < -0.4 is 5.11 Å². The first-order valence-corrected chi connectivity index (χ1v) is 8.17. The topological polar surface area (TPSA) is 60.4 Å². The molecule has 0 radical (unpaired) electrons. The summed E-state index contributed by atoms with van der Waals surface area (Å²) in [4.78, 5) is 25.0. The summed E-state index contributed by atoms with van der Waals surface area (Å²) in [5.74, 6) is -1.72. The number of nitrogens with zero attached hydrogens (tertiary/aromatic N) is 1. The Bertz CT molecular complexity index is 855. The van der Waals surface area contributed by atoms with Gasteiger partial charge in [-0.2, -0.15) is 0 Å². The predicted octanol–water partition coefficient (Wildman–Crippen LogP) is 2.18. The lowest BCUT2D eigenvalue weighted by Crippen LogP contribution is -2.48. The van der Waals surface area contributed by atoms with Gasteiger partial charge in [0.1, 0.15) is 4.32 Å². The van der Waals surface area contributed by atoms with Gasteiger partial charge in [0.2, 0.25) is 0 Å². The molecule has 4 nitrogen and oxygen atoms in total. The van der Waals surface area contributed by atoms with Crippen molar-refractivity contribution in [1.29, 1.82) is 0 Å². The summed E-state index contributed by atoms with van der Waals surface area (Å²) < 4.78 is 0.234. The Morgan fingerprint density at radius 1 is 1.26 bits per heavy atom. The van der Waals surface area contributed by atoms with Crippen LogP contribution in [0, 0.1) is 0 Å². The van der Waals surface area contributed by atoms with Crippen LogP contribution in [0.15, 0.2) is 47.4 Å². The van der Waals surface area contributed by atoms with Gasteiger partial charge in [0.25, 0.3) is 5.91 Å². The Kier molecular flexibility index (Phi) is 4.19.